The van der Waals surface area contributed by atoms with Gasteiger partial charge >= 0.3 is 0 Å². The molecule has 3 heterocycles. The fourth-order valence-electron chi connectivity index (χ4n) is 3.68. The number of hydrogen-bond donors (Lipinski definition) is 0. The smallest absolute Gasteiger partial charge is 0.265 e. The maximum absolute atomic E-state index is 12.5. The number of halogens is 1. The van der Waals surface area contributed by atoms with E-state index in [2.05, 4.69) is 4.98 Å². The minimum Gasteiger partial charge on any atom is -0.348 e. The molecule has 0 unspecified atom stereocenters. The molecule has 2 saturated heterocycles. The zero-order valence-electron chi connectivity index (χ0n) is 13.1. The van der Waals surface area contributed by atoms with Gasteiger partial charge in [0, 0.05) is 25.9 Å². The lowest BCUT2D eigenvalue weighted by Crippen LogP contribution is -2.39. The molecule has 1 amide bonds. The van der Waals surface area contributed by atoms with Crippen LogP contribution in [-0.4, -0.2) is 47.9 Å². The van der Waals surface area contributed by atoms with Crippen LogP contribution in [0.15, 0.2) is 6.20 Å². The molecule has 1 aliphatic carbocycles. The van der Waals surface area contributed by atoms with Crippen LogP contribution in [0.5, 0.6) is 0 Å². The standard InChI is InChI=1S/C16H21ClN2O3S/c17-15(3-5-16(6-4-15)21-9-10-22-16)14-18-11-12(23-14)13(20)19-7-1-2-8-19/h11H,1-10H2. The number of hydrogen-bond acceptors (Lipinski definition) is 5. The first-order chi connectivity index (χ1) is 11.1. The van der Waals surface area contributed by atoms with Crippen molar-refractivity contribution in [2.24, 2.45) is 0 Å². The van der Waals surface area contributed by atoms with E-state index in [0.29, 0.717) is 18.1 Å². The van der Waals surface area contributed by atoms with Gasteiger partial charge in [-0.15, -0.1) is 22.9 Å². The van der Waals surface area contributed by atoms with Crippen LogP contribution in [0.3, 0.4) is 0 Å². The van der Waals surface area contributed by atoms with Gasteiger partial charge in [0.1, 0.15) is 9.88 Å². The van der Waals surface area contributed by atoms with Crippen LogP contribution in [0.1, 0.15) is 53.2 Å². The third-order valence-corrected chi connectivity index (χ3v) is 6.97. The highest BCUT2D eigenvalue weighted by Gasteiger charge is 2.47. The van der Waals surface area contributed by atoms with Crippen LogP contribution in [0.25, 0.3) is 0 Å². The van der Waals surface area contributed by atoms with Gasteiger partial charge in [0.05, 0.1) is 24.3 Å². The molecular formula is C16H21ClN2O3S. The molecule has 7 heteroatoms. The highest BCUT2D eigenvalue weighted by atomic mass is 35.5. The van der Waals surface area contributed by atoms with Gasteiger partial charge < -0.3 is 14.4 Å². The summed E-state index contributed by atoms with van der Waals surface area (Å²) in [5.41, 5.74) is 0. The second-order valence-electron chi connectivity index (χ2n) is 6.60. The average Bonchev–Trinajstić information content (AvgIpc) is 3.32. The van der Waals surface area contributed by atoms with Gasteiger partial charge in [0.2, 0.25) is 0 Å². The van der Waals surface area contributed by atoms with Gasteiger partial charge in [0.25, 0.3) is 5.91 Å². The molecule has 0 atom stereocenters. The summed E-state index contributed by atoms with van der Waals surface area (Å²) in [4.78, 5) is 19.1. The van der Waals surface area contributed by atoms with Crippen LogP contribution in [0, 0.1) is 0 Å². The Morgan fingerprint density at radius 3 is 2.48 bits per heavy atom. The van der Waals surface area contributed by atoms with Gasteiger partial charge in [0.15, 0.2) is 5.79 Å². The zero-order chi connectivity index (χ0) is 15.9. The average molecular weight is 357 g/mol. The molecule has 126 valence electrons. The topological polar surface area (TPSA) is 51.7 Å². The Hall–Kier alpha value is -0.690. The predicted octanol–water partition coefficient (Wildman–Crippen LogP) is 3.13. The van der Waals surface area contributed by atoms with Crippen molar-refractivity contribution in [2.75, 3.05) is 26.3 Å². The lowest BCUT2D eigenvalue weighted by molar-refractivity contribution is -0.181. The second kappa shape index (κ2) is 5.99. The molecule has 23 heavy (non-hydrogen) atoms. The molecule has 1 saturated carbocycles. The van der Waals surface area contributed by atoms with E-state index in [1.807, 2.05) is 4.90 Å². The maximum atomic E-state index is 12.5. The largest absolute Gasteiger partial charge is 0.348 e. The molecular weight excluding hydrogens is 336 g/mol. The summed E-state index contributed by atoms with van der Waals surface area (Å²) < 4.78 is 11.5. The number of aromatic nitrogens is 1. The summed E-state index contributed by atoms with van der Waals surface area (Å²) in [6, 6.07) is 0. The summed E-state index contributed by atoms with van der Waals surface area (Å²) in [7, 11) is 0. The Morgan fingerprint density at radius 2 is 1.83 bits per heavy atom. The number of carbonyl (C=O) groups is 1. The van der Waals surface area contributed by atoms with E-state index in [1.165, 1.54) is 11.3 Å². The minimum absolute atomic E-state index is 0.0984. The number of alkyl halides is 1. The summed E-state index contributed by atoms with van der Waals surface area (Å²) in [6.07, 6.45) is 6.98. The summed E-state index contributed by atoms with van der Waals surface area (Å²) in [5.74, 6) is -0.328. The molecule has 4 rings (SSSR count). The molecule has 3 fully saturated rings. The molecule has 1 spiro atoms. The monoisotopic (exact) mass is 356 g/mol. The molecule has 3 aliphatic rings. The lowest BCUT2D eigenvalue weighted by Gasteiger charge is -2.39. The predicted molar refractivity (Wildman–Crippen MR) is 87.9 cm³/mol. The summed E-state index contributed by atoms with van der Waals surface area (Å²) in [5, 5.41) is 0.856. The molecule has 0 aromatic carbocycles. The van der Waals surface area contributed by atoms with E-state index >= 15 is 0 Å². The highest BCUT2D eigenvalue weighted by molar-refractivity contribution is 7.14. The highest BCUT2D eigenvalue weighted by Crippen LogP contribution is 2.49. The number of amides is 1. The summed E-state index contributed by atoms with van der Waals surface area (Å²) >= 11 is 8.30. The van der Waals surface area contributed by atoms with E-state index in [9.17, 15) is 4.79 Å². The Bertz CT molecular complexity index is 584. The van der Waals surface area contributed by atoms with Crippen LogP contribution in [-0.2, 0) is 14.3 Å². The normalized spacial score (nSPS) is 26.0. The van der Waals surface area contributed by atoms with Crippen molar-refractivity contribution in [3.63, 3.8) is 0 Å². The Balaban J connectivity index is 1.47. The van der Waals surface area contributed by atoms with Gasteiger partial charge in [-0.2, -0.15) is 0 Å². The number of ether oxygens (including phenoxy) is 2. The zero-order valence-corrected chi connectivity index (χ0v) is 14.6. The van der Waals surface area contributed by atoms with Crippen molar-refractivity contribution >= 4 is 28.8 Å². The minimum atomic E-state index is -0.491. The van der Waals surface area contributed by atoms with Gasteiger partial charge in [-0.25, -0.2) is 4.98 Å². The number of carbonyl (C=O) groups excluding carboxylic acids is 1. The molecule has 0 bridgehead atoms. The maximum Gasteiger partial charge on any atom is 0.265 e. The Morgan fingerprint density at radius 1 is 1.17 bits per heavy atom. The van der Waals surface area contributed by atoms with E-state index < -0.39 is 10.7 Å². The SMILES string of the molecule is O=C(c1cnc(C2(Cl)CCC3(CC2)OCCO3)s1)N1CCCC1. The fourth-order valence-corrected chi connectivity index (χ4v) is 5.06. The number of thiazole rings is 1. The Labute approximate surface area is 144 Å². The quantitative estimate of drug-likeness (QED) is 0.764. The molecule has 2 aliphatic heterocycles. The first-order valence-corrected chi connectivity index (χ1v) is 9.52. The first-order valence-electron chi connectivity index (χ1n) is 8.33. The van der Waals surface area contributed by atoms with Gasteiger partial charge in [-0.1, -0.05) is 0 Å². The third kappa shape index (κ3) is 2.90. The van der Waals surface area contributed by atoms with Crippen LogP contribution in [0.4, 0.5) is 0 Å². The van der Waals surface area contributed by atoms with Crippen molar-refractivity contribution in [3.8, 4) is 0 Å². The van der Waals surface area contributed by atoms with Crippen molar-refractivity contribution in [1.82, 2.24) is 9.88 Å². The summed E-state index contributed by atoms with van der Waals surface area (Å²) in [6.45, 7) is 3.05. The molecule has 1 aromatic rings. The Kier molecular flexibility index (Phi) is 4.12. The van der Waals surface area contributed by atoms with Crippen LogP contribution in [0.2, 0.25) is 0 Å². The van der Waals surface area contributed by atoms with Crippen molar-refractivity contribution < 1.29 is 14.3 Å². The van der Waals surface area contributed by atoms with Gasteiger partial charge in [-0.05, 0) is 25.7 Å². The van der Waals surface area contributed by atoms with E-state index in [0.717, 1.165) is 56.6 Å². The molecule has 0 N–H and O–H groups in total. The van der Waals surface area contributed by atoms with Crippen molar-refractivity contribution in [2.45, 2.75) is 49.2 Å². The van der Waals surface area contributed by atoms with Crippen LogP contribution >= 0.6 is 22.9 Å². The van der Waals surface area contributed by atoms with Crippen molar-refractivity contribution in [3.05, 3.63) is 16.1 Å². The number of rotatable bonds is 2. The van der Waals surface area contributed by atoms with Crippen molar-refractivity contribution in [1.29, 1.82) is 0 Å². The lowest BCUT2D eigenvalue weighted by atomic mass is 9.84. The first kappa shape index (κ1) is 15.8. The van der Waals surface area contributed by atoms with Crippen LogP contribution < -0.4 is 0 Å². The molecule has 5 nitrogen and oxygen atoms in total. The van der Waals surface area contributed by atoms with Gasteiger partial charge in [-0.3, -0.25) is 4.79 Å². The van der Waals surface area contributed by atoms with E-state index in [4.69, 9.17) is 21.1 Å². The molecule has 1 aromatic heterocycles. The fraction of sp³-hybridized carbons (Fsp3) is 0.750. The van der Waals surface area contributed by atoms with E-state index in [-0.39, 0.29) is 5.91 Å². The second-order valence-corrected chi connectivity index (χ2v) is 8.36. The number of nitrogens with zero attached hydrogens (tertiary/aromatic N) is 2. The molecule has 0 radical (unpaired) electrons. The number of likely N-dealkylation sites (tertiary alicyclic amines) is 1. The third-order valence-electron chi connectivity index (χ3n) is 5.11. The van der Waals surface area contributed by atoms with E-state index in [1.54, 1.807) is 6.20 Å².